The van der Waals surface area contributed by atoms with Gasteiger partial charge in [-0.05, 0) is 18.8 Å². The Balaban J connectivity index is 2.93. The Morgan fingerprint density at radius 2 is 1.93 bits per heavy atom. The number of methoxy groups -OCH3 is 1. The Morgan fingerprint density at radius 3 is 2.47 bits per heavy atom. The summed E-state index contributed by atoms with van der Waals surface area (Å²) >= 11 is 0. The minimum absolute atomic E-state index is 0.0256. The number of benzene rings is 1. The van der Waals surface area contributed by atoms with Gasteiger partial charge in [0, 0.05) is 17.7 Å². The normalized spacial score (nSPS) is 10.7. The number of hydrogen-bond donors (Lipinski definition) is 2. The smallest absolute Gasteiger partial charge is 0.129 e. The number of phenolic OH excluding ortho intramolecular Hbond substituents is 2. The molecule has 0 unspecified atom stereocenters. The van der Waals surface area contributed by atoms with Crippen LogP contribution in [0.25, 0.3) is 0 Å². The highest BCUT2D eigenvalue weighted by molar-refractivity contribution is 5.49. The summed E-state index contributed by atoms with van der Waals surface area (Å²) in [5.74, 6) is 1.25. The van der Waals surface area contributed by atoms with E-state index in [-0.39, 0.29) is 11.5 Å². The van der Waals surface area contributed by atoms with E-state index in [9.17, 15) is 10.2 Å². The second kappa shape index (κ2) is 4.91. The van der Waals surface area contributed by atoms with E-state index in [4.69, 9.17) is 4.74 Å². The number of hydrogen-bond acceptors (Lipinski definition) is 3. The minimum atomic E-state index is 0.0256. The standard InChI is InChI=1S/C12H18O3/c1-8(2)4-5-10-11(14)6-9(13)7-12(10)15-3/h6-8,13-14H,4-5H2,1-3H3. The van der Waals surface area contributed by atoms with Crippen molar-refractivity contribution in [3.8, 4) is 17.2 Å². The van der Waals surface area contributed by atoms with Gasteiger partial charge >= 0.3 is 0 Å². The molecule has 1 aromatic rings. The lowest BCUT2D eigenvalue weighted by Gasteiger charge is -2.12. The van der Waals surface area contributed by atoms with Crippen molar-refractivity contribution in [2.75, 3.05) is 7.11 Å². The van der Waals surface area contributed by atoms with Crippen LogP contribution in [0.1, 0.15) is 25.8 Å². The predicted molar refractivity (Wildman–Crippen MR) is 59.5 cm³/mol. The van der Waals surface area contributed by atoms with Crippen LogP contribution in [-0.4, -0.2) is 17.3 Å². The van der Waals surface area contributed by atoms with E-state index in [0.717, 1.165) is 18.4 Å². The van der Waals surface area contributed by atoms with E-state index >= 15 is 0 Å². The topological polar surface area (TPSA) is 49.7 Å². The van der Waals surface area contributed by atoms with Gasteiger partial charge in [-0.15, -0.1) is 0 Å². The third kappa shape index (κ3) is 3.05. The monoisotopic (exact) mass is 210 g/mol. The second-order valence-corrected chi connectivity index (χ2v) is 4.08. The molecule has 3 heteroatoms. The zero-order valence-electron chi connectivity index (χ0n) is 9.45. The fourth-order valence-corrected chi connectivity index (χ4v) is 1.48. The molecule has 3 nitrogen and oxygen atoms in total. The molecule has 0 fully saturated rings. The Labute approximate surface area is 90.3 Å². The molecule has 0 heterocycles. The molecule has 0 spiro atoms. The molecule has 1 aromatic carbocycles. The Bertz CT molecular complexity index is 332. The first-order valence-corrected chi connectivity index (χ1v) is 5.13. The van der Waals surface area contributed by atoms with Crippen molar-refractivity contribution in [3.05, 3.63) is 17.7 Å². The molecule has 0 saturated heterocycles. The Hall–Kier alpha value is -1.38. The van der Waals surface area contributed by atoms with E-state index in [1.807, 2.05) is 0 Å². The second-order valence-electron chi connectivity index (χ2n) is 4.08. The van der Waals surface area contributed by atoms with Gasteiger partial charge in [0.05, 0.1) is 7.11 Å². The molecule has 0 aliphatic heterocycles. The van der Waals surface area contributed by atoms with Gasteiger partial charge in [-0.1, -0.05) is 13.8 Å². The third-order valence-electron chi connectivity index (χ3n) is 2.36. The van der Waals surface area contributed by atoms with Crippen LogP contribution in [0.3, 0.4) is 0 Å². The van der Waals surface area contributed by atoms with Crippen LogP contribution in [-0.2, 0) is 6.42 Å². The molecule has 1 rings (SSSR count). The van der Waals surface area contributed by atoms with Gasteiger partial charge in [-0.2, -0.15) is 0 Å². The van der Waals surface area contributed by atoms with Crippen LogP contribution in [0.4, 0.5) is 0 Å². The molecule has 2 N–H and O–H groups in total. The van der Waals surface area contributed by atoms with Gasteiger partial charge in [0.1, 0.15) is 17.2 Å². The summed E-state index contributed by atoms with van der Waals surface area (Å²) in [6.45, 7) is 4.26. The predicted octanol–water partition coefficient (Wildman–Crippen LogP) is 2.70. The van der Waals surface area contributed by atoms with Gasteiger partial charge in [-0.3, -0.25) is 0 Å². The summed E-state index contributed by atoms with van der Waals surface area (Å²) in [7, 11) is 1.53. The number of phenols is 2. The van der Waals surface area contributed by atoms with E-state index in [2.05, 4.69) is 13.8 Å². The van der Waals surface area contributed by atoms with Gasteiger partial charge < -0.3 is 14.9 Å². The summed E-state index contributed by atoms with van der Waals surface area (Å²) in [5.41, 5.74) is 0.768. The van der Waals surface area contributed by atoms with Crippen LogP contribution in [0.15, 0.2) is 12.1 Å². The molecule has 0 aliphatic rings. The first-order valence-electron chi connectivity index (χ1n) is 5.13. The minimum Gasteiger partial charge on any atom is -0.508 e. The van der Waals surface area contributed by atoms with Crippen LogP contribution in [0.2, 0.25) is 0 Å². The maximum atomic E-state index is 9.68. The van der Waals surface area contributed by atoms with E-state index < -0.39 is 0 Å². The maximum absolute atomic E-state index is 9.68. The van der Waals surface area contributed by atoms with Crippen molar-refractivity contribution >= 4 is 0 Å². The van der Waals surface area contributed by atoms with E-state index in [1.54, 1.807) is 0 Å². The first-order chi connectivity index (χ1) is 7.04. The lowest BCUT2D eigenvalue weighted by atomic mass is 10.0. The molecule has 0 bridgehead atoms. The lowest BCUT2D eigenvalue weighted by Crippen LogP contribution is -1.96. The Kier molecular flexibility index (Phi) is 3.83. The van der Waals surface area contributed by atoms with Crippen LogP contribution in [0, 0.1) is 5.92 Å². The van der Waals surface area contributed by atoms with Crippen molar-refractivity contribution in [3.63, 3.8) is 0 Å². The summed E-state index contributed by atoms with van der Waals surface area (Å²) in [6.07, 6.45) is 1.74. The molecular weight excluding hydrogens is 192 g/mol. The summed E-state index contributed by atoms with van der Waals surface area (Å²) < 4.78 is 5.12. The third-order valence-corrected chi connectivity index (χ3v) is 2.36. The fraction of sp³-hybridized carbons (Fsp3) is 0.500. The maximum Gasteiger partial charge on any atom is 0.129 e. The quantitative estimate of drug-likeness (QED) is 0.803. The number of ether oxygens (including phenoxy) is 1. The van der Waals surface area contributed by atoms with Crippen molar-refractivity contribution in [1.82, 2.24) is 0 Å². The highest BCUT2D eigenvalue weighted by Gasteiger charge is 2.11. The molecule has 0 aromatic heterocycles. The first kappa shape index (κ1) is 11.7. The van der Waals surface area contributed by atoms with Gasteiger partial charge in [0.25, 0.3) is 0 Å². The molecular formula is C12H18O3. The van der Waals surface area contributed by atoms with Gasteiger partial charge in [0.2, 0.25) is 0 Å². The van der Waals surface area contributed by atoms with Gasteiger partial charge in [-0.25, -0.2) is 0 Å². The van der Waals surface area contributed by atoms with Crippen LogP contribution >= 0.6 is 0 Å². The molecule has 84 valence electrons. The zero-order valence-corrected chi connectivity index (χ0v) is 9.45. The summed E-state index contributed by atoms with van der Waals surface area (Å²) in [5, 5.41) is 19.0. The number of rotatable bonds is 4. The highest BCUT2D eigenvalue weighted by atomic mass is 16.5. The van der Waals surface area contributed by atoms with Gasteiger partial charge in [0.15, 0.2) is 0 Å². The van der Waals surface area contributed by atoms with E-state index in [0.29, 0.717) is 11.7 Å². The van der Waals surface area contributed by atoms with Crippen molar-refractivity contribution in [1.29, 1.82) is 0 Å². The largest absolute Gasteiger partial charge is 0.508 e. The average Bonchev–Trinajstić information content (AvgIpc) is 2.14. The van der Waals surface area contributed by atoms with Crippen LogP contribution < -0.4 is 4.74 Å². The fourth-order valence-electron chi connectivity index (χ4n) is 1.48. The van der Waals surface area contributed by atoms with Crippen molar-refractivity contribution in [2.45, 2.75) is 26.7 Å². The molecule has 0 atom stereocenters. The molecule has 0 radical (unpaired) electrons. The SMILES string of the molecule is COc1cc(O)cc(O)c1CCC(C)C. The molecule has 0 saturated carbocycles. The zero-order chi connectivity index (χ0) is 11.4. The van der Waals surface area contributed by atoms with Crippen molar-refractivity contribution in [2.24, 2.45) is 5.92 Å². The lowest BCUT2D eigenvalue weighted by molar-refractivity contribution is 0.387. The highest BCUT2D eigenvalue weighted by Crippen LogP contribution is 2.34. The summed E-state index contributed by atoms with van der Waals surface area (Å²) in [4.78, 5) is 0. The van der Waals surface area contributed by atoms with Crippen LogP contribution in [0.5, 0.6) is 17.2 Å². The Morgan fingerprint density at radius 1 is 1.27 bits per heavy atom. The van der Waals surface area contributed by atoms with E-state index in [1.165, 1.54) is 19.2 Å². The van der Waals surface area contributed by atoms with Crippen molar-refractivity contribution < 1.29 is 14.9 Å². The molecule has 0 aliphatic carbocycles. The number of aromatic hydroxyl groups is 2. The molecule has 15 heavy (non-hydrogen) atoms. The summed E-state index contributed by atoms with van der Waals surface area (Å²) in [6, 6.07) is 2.87. The average molecular weight is 210 g/mol. The molecule has 0 amide bonds.